The van der Waals surface area contributed by atoms with Gasteiger partial charge in [0, 0.05) is 6.04 Å². The van der Waals surface area contributed by atoms with Gasteiger partial charge in [-0.2, -0.15) is 0 Å². The average Bonchev–Trinajstić information content (AvgIpc) is 2.39. The zero-order chi connectivity index (χ0) is 13.7. The van der Waals surface area contributed by atoms with Gasteiger partial charge in [0.25, 0.3) is 0 Å². The van der Waals surface area contributed by atoms with Gasteiger partial charge in [0.1, 0.15) is 5.82 Å². The number of benzene rings is 1. The minimum absolute atomic E-state index is 0.103. The number of hydrogen-bond donors (Lipinski definition) is 1. The van der Waals surface area contributed by atoms with Crippen molar-refractivity contribution in [1.29, 1.82) is 0 Å². The van der Waals surface area contributed by atoms with Gasteiger partial charge < -0.3 is 5.32 Å². The van der Waals surface area contributed by atoms with E-state index < -0.39 is 0 Å². The fraction of sp³-hybridized carbons (Fsp3) is 0.647. The Balaban J connectivity index is 2.19. The Kier molecular flexibility index (Phi) is 5.38. The Hall–Kier alpha value is -0.890. The van der Waals surface area contributed by atoms with E-state index in [1.54, 1.807) is 12.1 Å². The van der Waals surface area contributed by atoms with Crippen molar-refractivity contribution in [3.05, 3.63) is 35.1 Å². The summed E-state index contributed by atoms with van der Waals surface area (Å²) in [7, 11) is 0. The summed E-state index contributed by atoms with van der Waals surface area (Å²) < 4.78 is 13.6. The van der Waals surface area contributed by atoms with Crippen LogP contribution in [-0.2, 0) is 0 Å². The zero-order valence-corrected chi connectivity index (χ0v) is 12.2. The van der Waals surface area contributed by atoms with Crippen LogP contribution in [0.25, 0.3) is 0 Å². The maximum absolute atomic E-state index is 13.6. The molecule has 0 bridgehead atoms. The predicted molar refractivity (Wildman–Crippen MR) is 78.7 cm³/mol. The normalized spacial score (nSPS) is 18.5. The summed E-state index contributed by atoms with van der Waals surface area (Å²) in [5.74, 6) is 0.565. The van der Waals surface area contributed by atoms with Crippen molar-refractivity contribution in [3.63, 3.8) is 0 Å². The zero-order valence-electron chi connectivity index (χ0n) is 12.2. The molecule has 1 nitrogen and oxygen atoms in total. The number of hydrogen-bond acceptors (Lipinski definition) is 1. The summed E-state index contributed by atoms with van der Waals surface area (Å²) in [4.78, 5) is 0. The molecule has 1 saturated carbocycles. The second-order valence-corrected chi connectivity index (χ2v) is 5.89. The third kappa shape index (κ3) is 4.04. The van der Waals surface area contributed by atoms with E-state index in [0.29, 0.717) is 12.0 Å². The van der Waals surface area contributed by atoms with E-state index >= 15 is 0 Å². The largest absolute Gasteiger partial charge is 0.310 e. The molecule has 1 atom stereocenters. The summed E-state index contributed by atoms with van der Waals surface area (Å²) >= 11 is 0. The Bertz CT molecular complexity index is 376. The van der Waals surface area contributed by atoms with Crippen molar-refractivity contribution in [2.45, 2.75) is 58.4 Å². The molecule has 1 fully saturated rings. The van der Waals surface area contributed by atoms with E-state index in [2.05, 4.69) is 18.3 Å². The summed E-state index contributed by atoms with van der Waals surface area (Å²) in [6.45, 7) is 5.17. The molecule has 1 unspecified atom stereocenters. The third-order valence-electron chi connectivity index (χ3n) is 4.16. The van der Waals surface area contributed by atoms with Gasteiger partial charge in [-0.3, -0.25) is 0 Å². The molecule has 0 heterocycles. The van der Waals surface area contributed by atoms with Crippen LogP contribution < -0.4 is 5.32 Å². The molecule has 1 aromatic carbocycles. The molecular weight excluding hydrogens is 237 g/mol. The van der Waals surface area contributed by atoms with Gasteiger partial charge >= 0.3 is 0 Å². The lowest BCUT2D eigenvalue weighted by Gasteiger charge is -2.31. The topological polar surface area (TPSA) is 12.0 Å². The van der Waals surface area contributed by atoms with Gasteiger partial charge in [-0.25, -0.2) is 4.39 Å². The first kappa shape index (κ1) is 14.5. The summed E-state index contributed by atoms with van der Waals surface area (Å²) in [5.41, 5.74) is 2.16. The maximum atomic E-state index is 13.6. The maximum Gasteiger partial charge on any atom is 0.123 e. The number of aryl methyl sites for hydroxylation is 1. The van der Waals surface area contributed by atoms with Gasteiger partial charge in [-0.1, -0.05) is 32.3 Å². The molecule has 2 rings (SSSR count). The van der Waals surface area contributed by atoms with Crippen LogP contribution in [0.5, 0.6) is 0 Å². The molecule has 0 aromatic heterocycles. The summed E-state index contributed by atoms with van der Waals surface area (Å²) in [5, 5.41) is 3.64. The molecular formula is C17H26FN. The van der Waals surface area contributed by atoms with Crippen LogP contribution >= 0.6 is 0 Å². The number of rotatable bonds is 5. The molecule has 0 aliphatic heterocycles. The first-order valence-electron chi connectivity index (χ1n) is 7.71. The van der Waals surface area contributed by atoms with E-state index in [1.165, 1.54) is 32.1 Å². The Morgan fingerprint density at radius 2 is 1.95 bits per heavy atom. The quantitative estimate of drug-likeness (QED) is 0.808. The first-order valence-corrected chi connectivity index (χ1v) is 7.71. The van der Waals surface area contributed by atoms with Crippen LogP contribution in [0.15, 0.2) is 18.2 Å². The lowest BCUT2D eigenvalue weighted by atomic mass is 9.81. The van der Waals surface area contributed by atoms with Gasteiger partial charge in [0.2, 0.25) is 0 Å². The summed E-state index contributed by atoms with van der Waals surface area (Å²) in [6, 6.07) is 5.80. The minimum atomic E-state index is -0.103. The van der Waals surface area contributed by atoms with Gasteiger partial charge in [-0.15, -0.1) is 0 Å². The predicted octanol–water partition coefficient (Wildman–Crippen LogP) is 4.76. The molecule has 0 spiro atoms. The highest BCUT2D eigenvalue weighted by atomic mass is 19.1. The monoisotopic (exact) mass is 263 g/mol. The van der Waals surface area contributed by atoms with Crippen LogP contribution in [0.1, 0.15) is 62.6 Å². The van der Waals surface area contributed by atoms with Crippen molar-refractivity contribution >= 4 is 0 Å². The van der Waals surface area contributed by atoms with Crippen LogP contribution in [0.2, 0.25) is 0 Å². The molecule has 1 aromatic rings. The highest BCUT2D eigenvalue weighted by molar-refractivity contribution is 5.27. The fourth-order valence-electron chi connectivity index (χ4n) is 3.27. The van der Waals surface area contributed by atoms with Crippen molar-refractivity contribution in [2.75, 3.05) is 6.54 Å². The van der Waals surface area contributed by atoms with E-state index in [9.17, 15) is 4.39 Å². The first-order chi connectivity index (χ1) is 9.20. The molecule has 0 radical (unpaired) electrons. The third-order valence-corrected chi connectivity index (χ3v) is 4.16. The Morgan fingerprint density at radius 3 is 2.58 bits per heavy atom. The lowest BCUT2D eigenvalue weighted by molar-refractivity contribution is 0.271. The molecule has 0 saturated heterocycles. The summed E-state index contributed by atoms with van der Waals surface area (Å²) in [6.07, 6.45) is 7.68. The van der Waals surface area contributed by atoms with Crippen molar-refractivity contribution in [3.8, 4) is 0 Å². The minimum Gasteiger partial charge on any atom is -0.310 e. The SMILES string of the molecule is CCCNC(c1cc(C)cc(F)c1)C1CCCCC1. The van der Waals surface area contributed by atoms with Gasteiger partial charge in [0.05, 0.1) is 0 Å². The Labute approximate surface area is 116 Å². The Morgan fingerprint density at radius 1 is 1.21 bits per heavy atom. The van der Waals surface area contributed by atoms with Crippen LogP contribution in [-0.4, -0.2) is 6.54 Å². The van der Waals surface area contributed by atoms with E-state index in [0.717, 1.165) is 24.1 Å². The smallest absolute Gasteiger partial charge is 0.123 e. The van der Waals surface area contributed by atoms with Crippen LogP contribution in [0.4, 0.5) is 4.39 Å². The molecule has 0 amide bonds. The molecule has 19 heavy (non-hydrogen) atoms. The molecule has 1 N–H and O–H groups in total. The van der Waals surface area contributed by atoms with Crippen LogP contribution in [0, 0.1) is 18.7 Å². The van der Waals surface area contributed by atoms with E-state index in [-0.39, 0.29) is 5.82 Å². The lowest BCUT2D eigenvalue weighted by Crippen LogP contribution is -2.30. The molecule has 2 heteroatoms. The number of halogens is 1. The van der Waals surface area contributed by atoms with Gasteiger partial charge in [-0.05, 0) is 61.9 Å². The van der Waals surface area contributed by atoms with Gasteiger partial charge in [0.15, 0.2) is 0 Å². The van der Waals surface area contributed by atoms with Crippen molar-refractivity contribution < 1.29 is 4.39 Å². The highest BCUT2D eigenvalue weighted by Crippen LogP contribution is 2.35. The fourth-order valence-corrected chi connectivity index (χ4v) is 3.27. The van der Waals surface area contributed by atoms with E-state index in [1.807, 2.05) is 6.92 Å². The van der Waals surface area contributed by atoms with Crippen LogP contribution in [0.3, 0.4) is 0 Å². The van der Waals surface area contributed by atoms with Crippen molar-refractivity contribution in [1.82, 2.24) is 5.32 Å². The average molecular weight is 263 g/mol. The number of nitrogens with one attached hydrogen (secondary N) is 1. The second kappa shape index (κ2) is 7.04. The molecule has 106 valence electrons. The standard InChI is InChI=1S/C17H26FN/c1-3-9-19-17(14-7-5-4-6-8-14)15-10-13(2)11-16(18)12-15/h10-12,14,17,19H,3-9H2,1-2H3. The molecule has 1 aliphatic rings. The highest BCUT2D eigenvalue weighted by Gasteiger charge is 2.24. The van der Waals surface area contributed by atoms with E-state index in [4.69, 9.17) is 0 Å². The molecule has 1 aliphatic carbocycles. The second-order valence-electron chi connectivity index (χ2n) is 5.89. The van der Waals surface area contributed by atoms with Crippen molar-refractivity contribution in [2.24, 2.45) is 5.92 Å².